The van der Waals surface area contributed by atoms with Crippen LogP contribution in [0.5, 0.6) is 0 Å². The number of hydrogen-bond donors (Lipinski definition) is 4. The first-order chi connectivity index (χ1) is 7.58. The van der Waals surface area contributed by atoms with Crippen molar-refractivity contribution < 1.29 is 4.79 Å². The molecule has 0 aliphatic heterocycles. The molecule has 1 rings (SSSR count). The highest BCUT2D eigenvalue weighted by Gasteiger charge is 2.13. The Kier molecular flexibility index (Phi) is 4.44. The highest BCUT2D eigenvalue weighted by molar-refractivity contribution is 9.10. The number of nitrogens with two attached hydrogens (primary N) is 1. The Morgan fingerprint density at radius 1 is 1.62 bits per heavy atom. The van der Waals surface area contributed by atoms with E-state index in [9.17, 15) is 4.79 Å². The predicted octanol–water partition coefficient (Wildman–Crippen LogP) is 0.0711. The molecule has 1 aromatic rings. The van der Waals surface area contributed by atoms with Crippen LogP contribution in [0, 0.1) is 0 Å². The molecule has 1 atom stereocenters. The number of amides is 1. The third-order valence-electron chi connectivity index (χ3n) is 1.87. The predicted molar refractivity (Wildman–Crippen MR) is 64.7 cm³/mol. The maximum absolute atomic E-state index is 11.3. The molecule has 1 heterocycles. The Morgan fingerprint density at radius 2 is 2.31 bits per heavy atom. The molecule has 0 radical (unpaired) electrons. The molecule has 88 valence electrons. The van der Waals surface area contributed by atoms with Gasteiger partial charge in [-0.05, 0) is 22.9 Å². The summed E-state index contributed by atoms with van der Waals surface area (Å²) < 4.78 is 0.655. The summed E-state index contributed by atoms with van der Waals surface area (Å²) in [6, 6.07) is -0.401. The van der Waals surface area contributed by atoms with E-state index in [2.05, 4.69) is 42.0 Å². The van der Waals surface area contributed by atoms with Crippen molar-refractivity contribution in [1.82, 2.24) is 15.3 Å². The number of nitrogen functional groups attached to an aromatic ring is 1. The van der Waals surface area contributed by atoms with Gasteiger partial charge in [-0.3, -0.25) is 10.2 Å². The van der Waals surface area contributed by atoms with Gasteiger partial charge >= 0.3 is 0 Å². The number of nitrogens with zero attached hydrogens (tertiary/aromatic N) is 2. The number of aromatic nitrogens is 2. The van der Waals surface area contributed by atoms with Gasteiger partial charge in [0.2, 0.25) is 11.9 Å². The molecule has 1 unspecified atom stereocenters. The normalized spacial score (nSPS) is 11.8. The van der Waals surface area contributed by atoms with Crippen LogP contribution in [-0.4, -0.2) is 29.0 Å². The molecule has 0 saturated carbocycles. The Labute approximate surface area is 101 Å². The van der Waals surface area contributed by atoms with Gasteiger partial charge in [-0.2, -0.15) is 4.98 Å². The second-order valence-corrected chi connectivity index (χ2v) is 3.87. The van der Waals surface area contributed by atoms with E-state index in [0.29, 0.717) is 10.3 Å². The zero-order chi connectivity index (χ0) is 12.1. The largest absolute Gasteiger partial charge is 0.358 e. The summed E-state index contributed by atoms with van der Waals surface area (Å²) in [7, 11) is 1.57. The summed E-state index contributed by atoms with van der Waals surface area (Å²) in [6.07, 6.45) is 1.54. The monoisotopic (exact) mass is 288 g/mol. The lowest BCUT2D eigenvalue weighted by Crippen LogP contribution is -2.35. The van der Waals surface area contributed by atoms with Crippen LogP contribution in [0.2, 0.25) is 0 Å². The van der Waals surface area contributed by atoms with Gasteiger partial charge in [0.05, 0.1) is 4.47 Å². The van der Waals surface area contributed by atoms with Gasteiger partial charge in [0.25, 0.3) is 0 Å². The van der Waals surface area contributed by atoms with E-state index in [-0.39, 0.29) is 11.9 Å². The van der Waals surface area contributed by atoms with Crippen LogP contribution in [0.15, 0.2) is 10.7 Å². The van der Waals surface area contributed by atoms with Crippen molar-refractivity contribution in [2.24, 2.45) is 5.84 Å². The molecule has 0 bridgehead atoms. The minimum atomic E-state index is -0.401. The second kappa shape index (κ2) is 5.61. The highest BCUT2D eigenvalue weighted by Crippen LogP contribution is 2.20. The maximum atomic E-state index is 11.3. The van der Waals surface area contributed by atoms with Gasteiger partial charge in [-0.1, -0.05) is 0 Å². The molecule has 1 amide bonds. The summed E-state index contributed by atoms with van der Waals surface area (Å²) in [5.74, 6) is 5.83. The van der Waals surface area contributed by atoms with Crippen molar-refractivity contribution in [3.63, 3.8) is 0 Å². The summed E-state index contributed by atoms with van der Waals surface area (Å²) in [5.41, 5.74) is 2.33. The van der Waals surface area contributed by atoms with Crippen LogP contribution in [0.1, 0.15) is 6.92 Å². The number of nitrogens with one attached hydrogen (secondary N) is 3. The lowest BCUT2D eigenvalue weighted by Gasteiger charge is -2.14. The molecule has 0 aliphatic rings. The van der Waals surface area contributed by atoms with E-state index in [1.54, 1.807) is 20.2 Å². The number of rotatable bonds is 4. The molecular weight excluding hydrogens is 276 g/mol. The average molecular weight is 289 g/mol. The molecule has 1 aromatic heterocycles. The first-order valence-corrected chi connectivity index (χ1v) is 5.35. The van der Waals surface area contributed by atoms with Crippen molar-refractivity contribution in [2.75, 3.05) is 17.8 Å². The number of likely N-dealkylation sites (N-methyl/N-ethyl adjacent to an activating group) is 1. The van der Waals surface area contributed by atoms with Gasteiger partial charge in [0.15, 0.2) is 0 Å². The molecule has 5 N–H and O–H groups in total. The zero-order valence-electron chi connectivity index (χ0n) is 8.91. The van der Waals surface area contributed by atoms with Gasteiger partial charge in [0.1, 0.15) is 11.9 Å². The van der Waals surface area contributed by atoms with Gasteiger partial charge in [-0.15, -0.1) is 0 Å². The fraction of sp³-hybridized carbons (Fsp3) is 0.375. The lowest BCUT2D eigenvalue weighted by molar-refractivity contribution is -0.121. The van der Waals surface area contributed by atoms with E-state index in [0.717, 1.165) is 0 Å². The molecule has 16 heavy (non-hydrogen) atoms. The molecule has 0 aliphatic carbocycles. The topological polar surface area (TPSA) is 105 Å². The number of carbonyl (C=O) groups is 1. The summed E-state index contributed by atoms with van der Waals surface area (Å²) in [6.45, 7) is 1.73. The van der Waals surface area contributed by atoms with Crippen LogP contribution in [0.3, 0.4) is 0 Å². The van der Waals surface area contributed by atoms with Crippen LogP contribution in [-0.2, 0) is 4.79 Å². The van der Waals surface area contributed by atoms with Crippen LogP contribution >= 0.6 is 15.9 Å². The SMILES string of the molecule is CNC(=O)C(C)Nc1nc(NN)ncc1Br. The molecule has 0 spiro atoms. The number of hydrogen-bond acceptors (Lipinski definition) is 6. The first kappa shape index (κ1) is 12.7. The third kappa shape index (κ3) is 3.04. The van der Waals surface area contributed by atoms with Crippen molar-refractivity contribution in [3.05, 3.63) is 10.7 Å². The fourth-order valence-corrected chi connectivity index (χ4v) is 1.33. The zero-order valence-corrected chi connectivity index (χ0v) is 10.5. The van der Waals surface area contributed by atoms with E-state index in [1.807, 2.05) is 0 Å². The minimum absolute atomic E-state index is 0.132. The van der Waals surface area contributed by atoms with Crippen molar-refractivity contribution in [2.45, 2.75) is 13.0 Å². The minimum Gasteiger partial charge on any atom is -0.358 e. The Balaban J connectivity index is 2.83. The standard InChI is InChI=1S/C8H13BrN6O/c1-4(7(16)11-2)13-6-5(9)3-12-8(14-6)15-10/h3-4H,10H2,1-2H3,(H,11,16)(H2,12,13,14,15). The number of anilines is 2. The van der Waals surface area contributed by atoms with E-state index in [4.69, 9.17) is 5.84 Å². The molecule has 8 heteroatoms. The quantitative estimate of drug-likeness (QED) is 0.462. The van der Waals surface area contributed by atoms with Crippen molar-refractivity contribution in [1.29, 1.82) is 0 Å². The number of carbonyl (C=O) groups excluding carboxylic acids is 1. The Hall–Kier alpha value is -1.41. The Morgan fingerprint density at radius 3 is 2.88 bits per heavy atom. The smallest absolute Gasteiger partial charge is 0.241 e. The molecular formula is C8H13BrN6O. The average Bonchev–Trinajstić information content (AvgIpc) is 2.30. The molecule has 0 saturated heterocycles. The molecule has 0 aromatic carbocycles. The van der Waals surface area contributed by atoms with Crippen LogP contribution in [0.4, 0.5) is 11.8 Å². The molecule has 0 fully saturated rings. The van der Waals surface area contributed by atoms with Crippen LogP contribution in [0.25, 0.3) is 0 Å². The first-order valence-electron chi connectivity index (χ1n) is 4.55. The summed E-state index contributed by atoms with van der Waals surface area (Å²) in [5, 5.41) is 5.46. The van der Waals surface area contributed by atoms with Gasteiger partial charge < -0.3 is 10.6 Å². The number of hydrazine groups is 1. The van der Waals surface area contributed by atoms with Crippen molar-refractivity contribution >= 4 is 33.6 Å². The maximum Gasteiger partial charge on any atom is 0.241 e. The van der Waals surface area contributed by atoms with E-state index < -0.39 is 6.04 Å². The fourth-order valence-electron chi connectivity index (χ4n) is 1.03. The van der Waals surface area contributed by atoms with Gasteiger partial charge in [0, 0.05) is 13.2 Å². The lowest BCUT2D eigenvalue weighted by atomic mass is 10.3. The van der Waals surface area contributed by atoms with E-state index in [1.165, 1.54) is 0 Å². The van der Waals surface area contributed by atoms with Crippen LogP contribution < -0.4 is 21.9 Å². The number of halogens is 1. The summed E-state index contributed by atoms with van der Waals surface area (Å²) in [4.78, 5) is 19.3. The highest BCUT2D eigenvalue weighted by atomic mass is 79.9. The second-order valence-electron chi connectivity index (χ2n) is 3.01. The summed E-state index contributed by atoms with van der Waals surface area (Å²) >= 11 is 3.27. The Bertz CT molecular complexity index is 385. The van der Waals surface area contributed by atoms with Crippen molar-refractivity contribution in [3.8, 4) is 0 Å². The van der Waals surface area contributed by atoms with Gasteiger partial charge in [-0.25, -0.2) is 10.8 Å². The third-order valence-corrected chi connectivity index (χ3v) is 2.45. The molecule has 7 nitrogen and oxygen atoms in total. The van der Waals surface area contributed by atoms with E-state index >= 15 is 0 Å².